The van der Waals surface area contributed by atoms with Crippen molar-refractivity contribution in [2.24, 2.45) is 0 Å². The van der Waals surface area contributed by atoms with Crippen LogP contribution in [0.1, 0.15) is 20.8 Å². The molecule has 25 heavy (non-hydrogen) atoms. The third-order valence-electron chi connectivity index (χ3n) is 2.57. The van der Waals surface area contributed by atoms with Crippen molar-refractivity contribution in [3.8, 4) is 11.3 Å². The van der Waals surface area contributed by atoms with Crippen LogP contribution < -0.4 is 0 Å². The fraction of sp³-hybridized carbons (Fsp3) is 0.286. The predicted molar refractivity (Wildman–Crippen MR) is 114 cm³/mol. The van der Waals surface area contributed by atoms with Gasteiger partial charge in [0.25, 0.3) is 0 Å². The van der Waals surface area contributed by atoms with E-state index < -0.39 is 0 Å². The van der Waals surface area contributed by atoms with Crippen molar-refractivity contribution in [2.45, 2.75) is 39.4 Å². The summed E-state index contributed by atoms with van der Waals surface area (Å²) in [6.07, 6.45) is 1.96. The molecule has 1 aromatic heterocycles. The SMILES string of the molecule is CC(C)(C)[NH-].C[Si]C.[CH3-].[CH3-].[Ti+4].c1c[nH]c(-c2c[cH-]c3ccccc23)c1. The standard InChI is InChI=1S/C13H10N.C4H10N.C2H6Si.2CH3.Ti/c1-2-5-11-10(4-1)7-8-12(11)13-6-3-9-14-13;1-4(2,3)5;1-3-2;;;/h1-9,14H;5H,1-3H3;1-2H3;2*1H3;/q2*-1;;2*-1;+4. The van der Waals surface area contributed by atoms with Gasteiger partial charge in [-0.25, -0.2) is 0 Å². The Morgan fingerprint density at radius 2 is 1.52 bits per heavy atom. The number of rotatable bonds is 1. The first-order valence-corrected chi connectivity index (χ1v) is 9.48. The van der Waals surface area contributed by atoms with E-state index >= 15 is 0 Å². The molecule has 0 aliphatic carbocycles. The van der Waals surface area contributed by atoms with Gasteiger partial charge in [0.1, 0.15) is 0 Å². The Hall–Kier alpha value is -0.999. The van der Waals surface area contributed by atoms with E-state index in [1.807, 2.05) is 33.0 Å². The molecule has 0 aliphatic rings. The molecule has 3 rings (SSSR count). The molecule has 0 bridgehead atoms. The first-order valence-electron chi connectivity index (χ1n) is 7.48. The molecule has 4 heteroatoms. The zero-order valence-electron chi connectivity index (χ0n) is 16.7. The molecule has 2 radical (unpaired) electrons. The Kier molecular flexibility index (Phi) is 16.4. The van der Waals surface area contributed by atoms with E-state index in [1.54, 1.807) is 0 Å². The molecule has 0 atom stereocenters. The van der Waals surface area contributed by atoms with E-state index in [2.05, 4.69) is 60.5 Å². The van der Waals surface area contributed by atoms with Gasteiger partial charge >= 0.3 is 21.7 Å². The van der Waals surface area contributed by atoms with Gasteiger partial charge in [-0.05, 0) is 17.8 Å². The van der Waals surface area contributed by atoms with E-state index in [9.17, 15) is 0 Å². The number of H-pyrrole nitrogens is 1. The first-order chi connectivity index (χ1) is 10.4. The van der Waals surface area contributed by atoms with Crippen molar-refractivity contribution in [1.82, 2.24) is 4.98 Å². The van der Waals surface area contributed by atoms with Crippen LogP contribution in [0.25, 0.3) is 27.8 Å². The predicted octanol–water partition coefficient (Wildman–Crippen LogP) is 7.08. The van der Waals surface area contributed by atoms with Gasteiger partial charge in [-0.15, -0.1) is 52.2 Å². The minimum atomic E-state index is -0.250. The van der Waals surface area contributed by atoms with Gasteiger partial charge in [0, 0.05) is 15.7 Å². The average Bonchev–Trinajstić information content (AvgIpc) is 3.06. The van der Waals surface area contributed by atoms with Crippen LogP contribution in [0.15, 0.2) is 54.7 Å². The molecule has 0 aliphatic heterocycles. The molecule has 1 heterocycles. The number of benzene rings is 1. The largest absolute Gasteiger partial charge is 4.00 e. The van der Waals surface area contributed by atoms with Crippen LogP contribution >= 0.6 is 0 Å². The van der Waals surface area contributed by atoms with E-state index in [0.717, 1.165) is 9.52 Å². The van der Waals surface area contributed by atoms with Gasteiger partial charge in [0.05, 0.1) is 0 Å². The van der Waals surface area contributed by atoms with Gasteiger partial charge in [0.15, 0.2) is 0 Å². The number of nitrogens with one attached hydrogen (secondary N) is 2. The van der Waals surface area contributed by atoms with Crippen molar-refractivity contribution >= 4 is 20.3 Å². The second-order valence-corrected chi connectivity index (χ2v) is 7.17. The summed E-state index contributed by atoms with van der Waals surface area (Å²) in [4.78, 5) is 3.23. The molecule has 0 spiro atoms. The summed E-state index contributed by atoms with van der Waals surface area (Å²) in [7, 11) is 1.08. The number of fused-ring (bicyclic) bond motifs is 1. The van der Waals surface area contributed by atoms with Crippen LogP contribution in [0.3, 0.4) is 0 Å². The quantitative estimate of drug-likeness (QED) is 0.342. The molecule has 3 aromatic rings. The summed E-state index contributed by atoms with van der Waals surface area (Å²) in [5.41, 5.74) is 9.16. The zero-order chi connectivity index (χ0) is 16.6. The third-order valence-corrected chi connectivity index (χ3v) is 2.57. The summed E-state index contributed by atoms with van der Waals surface area (Å²) in [6, 6.07) is 16.9. The van der Waals surface area contributed by atoms with Crippen molar-refractivity contribution < 1.29 is 21.7 Å². The average molecular weight is 388 g/mol. The van der Waals surface area contributed by atoms with Gasteiger partial charge < -0.3 is 25.6 Å². The number of aromatic amines is 1. The van der Waals surface area contributed by atoms with Crippen molar-refractivity contribution in [2.75, 3.05) is 0 Å². The van der Waals surface area contributed by atoms with Crippen molar-refractivity contribution in [3.63, 3.8) is 0 Å². The fourth-order valence-electron chi connectivity index (χ4n) is 1.88. The Morgan fingerprint density at radius 3 is 2.00 bits per heavy atom. The summed E-state index contributed by atoms with van der Waals surface area (Å²) in [5.74, 6) is 0. The minimum Gasteiger partial charge on any atom is -0.673 e. The van der Waals surface area contributed by atoms with Crippen molar-refractivity contribution in [3.05, 3.63) is 75.3 Å². The van der Waals surface area contributed by atoms with E-state index in [-0.39, 0.29) is 42.1 Å². The van der Waals surface area contributed by atoms with E-state index in [1.165, 1.54) is 22.0 Å². The number of hydrogen-bond donors (Lipinski definition) is 1. The maximum Gasteiger partial charge on any atom is 4.00 e. The Balaban J connectivity index is -0.000000384. The van der Waals surface area contributed by atoms with Crippen LogP contribution in [-0.2, 0) is 21.7 Å². The molecule has 0 unspecified atom stereocenters. The Morgan fingerprint density at radius 1 is 1.00 bits per heavy atom. The van der Waals surface area contributed by atoms with E-state index in [4.69, 9.17) is 5.73 Å². The fourth-order valence-corrected chi connectivity index (χ4v) is 1.88. The van der Waals surface area contributed by atoms with E-state index in [0.29, 0.717) is 0 Å². The molecule has 0 saturated heterocycles. The normalized spacial score (nSPS) is 9.20. The number of hydrogen-bond acceptors (Lipinski definition) is 0. The molecule has 134 valence electrons. The minimum absolute atomic E-state index is 0. The molecule has 2 nitrogen and oxygen atoms in total. The topological polar surface area (TPSA) is 39.6 Å². The summed E-state index contributed by atoms with van der Waals surface area (Å²) in [6.45, 7) is 9.87. The number of aromatic nitrogens is 1. The van der Waals surface area contributed by atoms with Gasteiger partial charge in [0.2, 0.25) is 0 Å². The summed E-state index contributed by atoms with van der Waals surface area (Å²) < 4.78 is 0. The van der Waals surface area contributed by atoms with Crippen LogP contribution in [0.4, 0.5) is 0 Å². The molecule has 0 amide bonds. The second-order valence-electron chi connectivity index (χ2n) is 6.17. The first kappa shape index (κ1) is 28.8. The van der Waals surface area contributed by atoms with Crippen LogP contribution in [-0.4, -0.2) is 20.0 Å². The third kappa shape index (κ3) is 11.3. The van der Waals surface area contributed by atoms with Gasteiger partial charge in [-0.2, -0.15) is 0 Å². The molecule has 0 fully saturated rings. The van der Waals surface area contributed by atoms with Gasteiger partial charge in [-0.1, -0.05) is 39.9 Å². The smallest absolute Gasteiger partial charge is 0.673 e. The maximum absolute atomic E-state index is 6.94. The van der Waals surface area contributed by atoms with Gasteiger partial charge in [-0.3, -0.25) is 0 Å². The molecular weight excluding hydrogens is 356 g/mol. The Labute approximate surface area is 172 Å². The van der Waals surface area contributed by atoms with Crippen LogP contribution in [0.2, 0.25) is 13.1 Å². The molecule has 2 N–H and O–H groups in total. The summed E-state index contributed by atoms with van der Waals surface area (Å²) in [5, 5.41) is 2.62. The zero-order valence-corrected chi connectivity index (χ0v) is 19.3. The second kappa shape index (κ2) is 14.2. The van der Waals surface area contributed by atoms with Crippen LogP contribution in [0.5, 0.6) is 0 Å². The monoisotopic (exact) mass is 388 g/mol. The maximum atomic E-state index is 6.94. The van der Waals surface area contributed by atoms with Crippen LogP contribution in [0, 0.1) is 14.9 Å². The molecule has 2 aromatic carbocycles. The summed E-state index contributed by atoms with van der Waals surface area (Å²) >= 11 is 0. The molecule has 0 saturated carbocycles. The van der Waals surface area contributed by atoms with Crippen molar-refractivity contribution in [1.29, 1.82) is 0 Å². The molecular formula is C21H32N2SiTi. The Bertz CT molecular complexity index is 646.